The summed E-state index contributed by atoms with van der Waals surface area (Å²) < 4.78 is 0. The molecule has 2 rings (SSSR count). The second-order valence-electron chi connectivity index (χ2n) is 4.26. The van der Waals surface area contributed by atoms with Crippen molar-refractivity contribution in [1.82, 2.24) is 0 Å². The van der Waals surface area contributed by atoms with E-state index in [-0.39, 0.29) is 5.69 Å². The van der Waals surface area contributed by atoms with Gasteiger partial charge in [-0.25, -0.2) is 0 Å². The predicted octanol–water partition coefficient (Wildman–Crippen LogP) is 2.74. The van der Waals surface area contributed by atoms with Crippen molar-refractivity contribution in [3.63, 3.8) is 0 Å². The Morgan fingerprint density at radius 1 is 1.41 bits per heavy atom. The van der Waals surface area contributed by atoms with Crippen molar-refractivity contribution < 1.29 is 4.92 Å². The number of nitrogens with zero attached hydrogens (tertiary/aromatic N) is 3. The summed E-state index contributed by atoms with van der Waals surface area (Å²) >= 11 is 0. The van der Waals surface area contributed by atoms with Crippen LogP contribution in [-0.4, -0.2) is 16.8 Å². The van der Waals surface area contributed by atoms with Gasteiger partial charge < -0.3 is 4.90 Å². The zero-order valence-corrected chi connectivity index (χ0v) is 9.70. The van der Waals surface area contributed by atoms with E-state index in [9.17, 15) is 10.1 Å². The summed E-state index contributed by atoms with van der Waals surface area (Å²) in [5.41, 5.74) is 0.419. The summed E-state index contributed by atoms with van der Waals surface area (Å²) in [5.74, 6) is 0. The van der Waals surface area contributed by atoms with E-state index in [1.165, 1.54) is 6.07 Å². The van der Waals surface area contributed by atoms with E-state index >= 15 is 0 Å². The SMILES string of the molecule is CC1(C)N=CC=CN1c1cccc([N+](=O)[O-])c1. The molecule has 1 aliphatic rings. The van der Waals surface area contributed by atoms with Crippen molar-refractivity contribution >= 4 is 17.6 Å². The van der Waals surface area contributed by atoms with E-state index in [0.717, 1.165) is 5.69 Å². The van der Waals surface area contributed by atoms with Gasteiger partial charge in [-0.3, -0.25) is 15.1 Å². The van der Waals surface area contributed by atoms with Gasteiger partial charge in [0.25, 0.3) is 5.69 Å². The van der Waals surface area contributed by atoms with Gasteiger partial charge in [0, 0.05) is 30.2 Å². The zero-order valence-electron chi connectivity index (χ0n) is 9.70. The fourth-order valence-corrected chi connectivity index (χ4v) is 1.75. The van der Waals surface area contributed by atoms with Crippen LogP contribution in [0.3, 0.4) is 0 Å². The molecule has 0 radical (unpaired) electrons. The number of benzene rings is 1. The van der Waals surface area contributed by atoms with Crippen molar-refractivity contribution in [2.24, 2.45) is 4.99 Å². The van der Waals surface area contributed by atoms with Crippen molar-refractivity contribution in [2.75, 3.05) is 4.90 Å². The molecule has 1 aromatic carbocycles. The van der Waals surface area contributed by atoms with Crippen LogP contribution in [0.4, 0.5) is 11.4 Å². The Kier molecular flexibility index (Phi) is 2.67. The van der Waals surface area contributed by atoms with Gasteiger partial charge in [-0.15, -0.1) is 0 Å². The summed E-state index contributed by atoms with van der Waals surface area (Å²) in [6.45, 7) is 3.90. The van der Waals surface area contributed by atoms with Crippen molar-refractivity contribution in [2.45, 2.75) is 19.5 Å². The Morgan fingerprint density at radius 3 is 2.82 bits per heavy atom. The first-order valence-electron chi connectivity index (χ1n) is 5.26. The highest BCUT2D eigenvalue weighted by Crippen LogP contribution is 2.29. The van der Waals surface area contributed by atoms with Gasteiger partial charge in [-0.2, -0.15) is 0 Å². The summed E-state index contributed by atoms with van der Waals surface area (Å²) in [7, 11) is 0. The first kappa shape index (κ1) is 11.3. The van der Waals surface area contributed by atoms with E-state index in [2.05, 4.69) is 4.99 Å². The summed E-state index contributed by atoms with van der Waals surface area (Å²) in [6, 6.07) is 6.54. The Balaban J connectivity index is 2.40. The number of nitro groups is 1. The minimum absolute atomic E-state index is 0.0845. The number of anilines is 1. The summed E-state index contributed by atoms with van der Waals surface area (Å²) in [6.07, 6.45) is 5.41. The number of aliphatic imine (C=N–C) groups is 1. The number of hydrogen-bond acceptors (Lipinski definition) is 4. The molecule has 5 nitrogen and oxygen atoms in total. The molecule has 0 aromatic heterocycles. The third-order valence-electron chi connectivity index (χ3n) is 2.62. The Hall–Kier alpha value is -2.17. The zero-order chi connectivity index (χ0) is 12.5. The molecule has 1 aliphatic heterocycles. The standard InChI is InChI=1S/C12H13N3O2/c1-12(2)13-7-4-8-14(12)10-5-3-6-11(9-10)15(16)17/h3-9H,1-2H3. The van der Waals surface area contributed by atoms with Crippen molar-refractivity contribution in [3.05, 3.63) is 46.7 Å². The quantitative estimate of drug-likeness (QED) is 0.580. The second-order valence-corrected chi connectivity index (χ2v) is 4.26. The van der Waals surface area contributed by atoms with Gasteiger partial charge in [0.2, 0.25) is 0 Å². The fourth-order valence-electron chi connectivity index (χ4n) is 1.75. The van der Waals surface area contributed by atoms with Crippen LogP contribution in [0.25, 0.3) is 0 Å². The van der Waals surface area contributed by atoms with Gasteiger partial charge >= 0.3 is 0 Å². The molecule has 1 heterocycles. The lowest BCUT2D eigenvalue weighted by Crippen LogP contribution is -2.40. The molecular weight excluding hydrogens is 218 g/mol. The predicted molar refractivity (Wildman–Crippen MR) is 67.3 cm³/mol. The fraction of sp³-hybridized carbons (Fsp3) is 0.250. The lowest BCUT2D eigenvalue weighted by Gasteiger charge is -2.36. The highest BCUT2D eigenvalue weighted by Gasteiger charge is 2.26. The molecule has 0 N–H and O–H groups in total. The number of rotatable bonds is 2. The number of hydrogen-bond donors (Lipinski definition) is 0. The molecule has 5 heteroatoms. The Bertz CT molecular complexity index is 506. The van der Waals surface area contributed by atoms with E-state index in [0.29, 0.717) is 0 Å². The second kappa shape index (κ2) is 4.01. The third-order valence-corrected chi connectivity index (χ3v) is 2.62. The lowest BCUT2D eigenvalue weighted by molar-refractivity contribution is -0.384. The van der Waals surface area contributed by atoms with Crippen LogP contribution in [0.5, 0.6) is 0 Å². The molecular formula is C12H13N3O2. The van der Waals surface area contributed by atoms with Crippen LogP contribution in [0.2, 0.25) is 0 Å². The van der Waals surface area contributed by atoms with Crippen LogP contribution in [-0.2, 0) is 0 Å². The molecule has 0 aliphatic carbocycles. The van der Waals surface area contributed by atoms with Gasteiger partial charge in [0.05, 0.1) is 4.92 Å². The highest BCUT2D eigenvalue weighted by atomic mass is 16.6. The van der Waals surface area contributed by atoms with Crippen molar-refractivity contribution in [1.29, 1.82) is 0 Å². The van der Waals surface area contributed by atoms with Gasteiger partial charge in [-0.05, 0) is 26.0 Å². The molecule has 88 valence electrons. The maximum Gasteiger partial charge on any atom is 0.271 e. The lowest BCUT2D eigenvalue weighted by atomic mass is 10.1. The normalized spacial score (nSPS) is 17.2. The maximum atomic E-state index is 10.7. The monoisotopic (exact) mass is 231 g/mol. The summed E-state index contributed by atoms with van der Waals surface area (Å²) in [5, 5.41) is 10.7. The molecule has 0 amide bonds. The Morgan fingerprint density at radius 2 is 2.18 bits per heavy atom. The van der Waals surface area contributed by atoms with Gasteiger partial charge in [0.1, 0.15) is 5.66 Å². The minimum atomic E-state index is -0.427. The average Bonchev–Trinajstić information content (AvgIpc) is 2.28. The molecule has 17 heavy (non-hydrogen) atoms. The number of allylic oxidation sites excluding steroid dienone is 1. The van der Waals surface area contributed by atoms with Crippen LogP contribution in [0.1, 0.15) is 13.8 Å². The van der Waals surface area contributed by atoms with E-state index < -0.39 is 10.6 Å². The van der Waals surface area contributed by atoms with Crippen LogP contribution in [0.15, 0.2) is 41.5 Å². The van der Waals surface area contributed by atoms with Crippen molar-refractivity contribution in [3.8, 4) is 0 Å². The molecule has 0 saturated heterocycles. The van der Waals surface area contributed by atoms with E-state index in [1.54, 1.807) is 18.3 Å². The molecule has 0 spiro atoms. The molecule has 0 saturated carbocycles. The van der Waals surface area contributed by atoms with E-state index in [1.807, 2.05) is 37.1 Å². The molecule has 0 fully saturated rings. The maximum absolute atomic E-state index is 10.7. The number of nitro benzene ring substituents is 1. The number of non-ortho nitro benzene ring substituents is 1. The largest absolute Gasteiger partial charge is 0.323 e. The highest BCUT2D eigenvalue weighted by molar-refractivity contribution is 5.75. The average molecular weight is 231 g/mol. The smallest absolute Gasteiger partial charge is 0.271 e. The first-order chi connectivity index (χ1) is 8.00. The van der Waals surface area contributed by atoms with Crippen LogP contribution < -0.4 is 4.90 Å². The summed E-state index contributed by atoms with van der Waals surface area (Å²) in [4.78, 5) is 16.6. The molecule has 0 unspecified atom stereocenters. The van der Waals surface area contributed by atoms with E-state index in [4.69, 9.17) is 0 Å². The minimum Gasteiger partial charge on any atom is -0.323 e. The molecule has 0 bridgehead atoms. The third kappa shape index (κ3) is 2.18. The van der Waals surface area contributed by atoms with Crippen LogP contribution >= 0.6 is 0 Å². The van der Waals surface area contributed by atoms with Gasteiger partial charge in [-0.1, -0.05) is 6.07 Å². The molecule has 1 aromatic rings. The van der Waals surface area contributed by atoms with Gasteiger partial charge in [0.15, 0.2) is 0 Å². The first-order valence-corrected chi connectivity index (χ1v) is 5.26. The molecule has 0 atom stereocenters. The Labute approximate surface area is 99.2 Å². The topological polar surface area (TPSA) is 58.7 Å². The van der Waals surface area contributed by atoms with Crippen LogP contribution in [0, 0.1) is 10.1 Å².